The second-order valence-corrected chi connectivity index (χ2v) is 6.60. The van der Waals surface area contributed by atoms with Gasteiger partial charge < -0.3 is 15.0 Å². The maximum atomic E-state index is 13.0. The van der Waals surface area contributed by atoms with Gasteiger partial charge in [0.15, 0.2) is 0 Å². The second-order valence-electron chi connectivity index (χ2n) is 5.58. The van der Waals surface area contributed by atoms with Crippen LogP contribution in [0, 0.1) is 6.92 Å². The van der Waals surface area contributed by atoms with Gasteiger partial charge in [0.2, 0.25) is 5.91 Å². The summed E-state index contributed by atoms with van der Waals surface area (Å²) in [5.74, 6) is -0.246. The van der Waals surface area contributed by atoms with Crippen molar-refractivity contribution in [2.24, 2.45) is 0 Å². The number of hydrogen-bond donors (Lipinski definition) is 1. The van der Waals surface area contributed by atoms with Gasteiger partial charge in [-0.05, 0) is 30.2 Å². The van der Waals surface area contributed by atoms with Crippen LogP contribution in [0.15, 0.2) is 24.5 Å². The Morgan fingerprint density at radius 2 is 1.92 bits per heavy atom. The maximum absolute atomic E-state index is 13.0. The molecule has 0 saturated carbocycles. The molecule has 0 aromatic carbocycles. The fourth-order valence-electron chi connectivity index (χ4n) is 2.72. The lowest BCUT2D eigenvalue weighted by molar-refractivity contribution is -0.114. The van der Waals surface area contributed by atoms with Crippen molar-refractivity contribution < 1.29 is 14.3 Å². The van der Waals surface area contributed by atoms with Crippen LogP contribution in [0.5, 0.6) is 0 Å². The van der Waals surface area contributed by atoms with Gasteiger partial charge in [-0.15, -0.1) is 11.3 Å². The fourth-order valence-corrected chi connectivity index (χ4v) is 3.97. The number of hydrogen-bond acceptors (Lipinski definition) is 5. The fraction of sp³-hybridized carbons (Fsp3) is 0.353. The number of aromatic nitrogens is 1. The number of thiophene rings is 1. The Labute approximate surface area is 144 Å². The van der Waals surface area contributed by atoms with Crippen LogP contribution in [0.3, 0.4) is 0 Å². The number of nitrogens with zero attached hydrogens (tertiary/aromatic N) is 2. The SMILES string of the molecule is CC(=O)Nc1sc(-c2ccncc2)c(C)c1C(=O)N1CCOCC1. The molecule has 2 aromatic heterocycles. The van der Waals surface area contributed by atoms with E-state index < -0.39 is 0 Å². The summed E-state index contributed by atoms with van der Waals surface area (Å²) in [7, 11) is 0. The van der Waals surface area contributed by atoms with Gasteiger partial charge in [-0.1, -0.05) is 0 Å². The van der Waals surface area contributed by atoms with Crippen molar-refractivity contribution in [3.63, 3.8) is 0 Å². The van der Waals surface area contributed by atoms with Crippen LogP contribution in [0.2, 0.25) is 0 Å². The number of anilines is 1. The molecular formula is C17H19N3O3S. The molecule has 1 fully saturated rings. The van der Waals surface area contributed by atoms with Gasteiger partial charge in [-0.25, -0.2) is 0 Å². The topological polar surface area (TPSA) is 71.5 Å². The van der Waals surface area contributed by atoms with Crippen LogP contribution in [-0.2, 0) is 9.53 Å². The lowest BCUT2D eigenvalue weighted by atomic mass is 10.1. The molecule has 0 spiro atoms. The smallest absolute Gasteiger partial charge is 0.257 e. The first-order valence-electron chi connectivity index (χ1n) is 7.76. The second kappa shape index (κ2) is 7.11. The molecule has 0 bridgehead atoms. The number of pyridine rings is 1. The van der Waals surface area contributed by atoms with Crippen molar-refractivity contribution in [1.29, 1.82) is 0 Å². The zero-order valence-electron chi connectivity index (χ0n) is 13.7. The summed E-state index contributed by atoms with van der Waals surface area (Å²) in [5, 5.41) is 3.41. The number of amides is 2. The number of nitrogens with one attached hydrogen (secondary N) is 1. The summed E-state index contributed by atoms with van der Waals surface area (Å²) in [5.41, 5.74) is 2.44. The number of morpholine rings is 1. The minimum Gasteiger partial charge on any atom is -0.378 e. The number of ether oxygens (including phenoxy) is 1. The highest BCUT2D eigenvalue weighted by Gasteiger charge is 2.27. The summed E-state index contributed by atoms with van der Waals surface area (Å²) >= 11 is 1.42. The molecule has 0 aliphatic carbocycles. The maximum Gasteiger partial charge on any atom is 0.257 e. The largest absolute Gasteiger partial charge is 0.378 e. The zero-order valence-corrected chi connectivity index (χ0v) is 14.5. The average Bonchev–Trinajstić information content (AvgIpc) is 2.91. The van der Waals surface area contributed by atoms with Gasteiger partial charge in [-0.2, -0.15) is 0 Å². The highest BCUT2D eigenvalue weighted by atomic mass is 32.1. The highest BCUT2D eigenvalue weighted by molar-refractivity contribution is 7.20. The van der Waals surface area contributed by atoms with Gasteiger partial charge in [0.1, 0.15) is 5.00 Å². The zero-order chi connectivity index (χ0) is 17.1. The summed E-state index contributed by atoms with van der Waals surface area (Å²) < 4.78 is 5.32. The van der Waals surface area contributed by atoms with Gasteiger partial charge in [-0.3, -0.25) is 14.6 Å². The predicted octanol–water partition coefficient (Wildman–Crippen LogP) is 2.55. The van der Waals surface area contributed by atoms with E-state index in [0.29, 0.717) is 36.9 Å². The number of carbonyl (C=O) groups is 2. The molecule has 1 N–H and O–H groups in total. The molecule has 3 heterocycles. The molecule has 1 saturated heterocycles. The first-order chi connectivity index (χ1) is 11.6. The van der Waals surface area contributed by atoms with Gasteiger partial charge in [0.05, 0.1) is 18.8 Å². The van der Waals surface area contributed by atoms with Crippen molar-refractivity contribution in [3.8, 4) is 10.4 Å². The van der Waals surface area contributed by atoms with Crippen LogP contribution in [-0.4, -0.2) is 48.0 Å². The molecule has 3 rings (SSSR count). The van der Waals surface area contributed by atoms with Crippen molar-refractivity contribution in [2.45, 2.75) is 13.8 Å². The van der Waals surface area contributed by atoms with E-state index in [-0.39, 0.29) is 11.8 Å². The van der Waals surface area contributed by atoms with Gasteiger partial charge in [0, 0.05) is 37.3 Å². The Hall–Kier alpha value is -2.25. The van der Waals surface area contributed by atoms with E-state index in [2.05, 4.69) is 10.3 Å². The Kier molecular flexibility index (Phi) is 4.92. The van der Waals surface area contributed by atoms with E-state index >= 15 is 0 Å². The summed E-state index contributed by atoms with van der Waals surface area (Å²) in [4.78, 5) is 31.3. The van der Waals surface area contributed by atoms with Crippen LogP contribution >= 0.6 is 11.3 Å². The molecular weight excluding hydrogens is 326 g/mol. The highest BCUT2D eigenvalue weighted by Crippen LogP contribution is 2.40. The third-order valence-electron chi connectivity index (χ3n) is 3.89. The van der Waals surface area contributed by atoms with E-state index in [1.54, 1.807) is 17.3 Å². The van der Waals surface area contributed by atoms with Crippen molar-refractivity contribution in [2.75, 3.05) is 31.6 Å². The monoisotopic (exact) mass is 345 g/mol. The minimum absolute atomic E-state index is 0.0592. The molecule has 0 radical (unpaired) electrons. The molecule has 0 unspecified atom stereocenters. The van der Waals surface area contributed by atoms with E-state index in [1.807, 2.05) is 19.1 Å². The molecule has 7 heteroatoms. The summed E-state index contributed by atoms with van der Waals surface area (Å²) in [6.07, 6.45) is 3.44. The van der Waals surface area contributed by atoms with Crippen molar-refractivity contribution >= 4 is 28.2 Å². The van der Waals surface area contributed by atoms with E-state index in [0.717, 1.165) is 16.0 Å². The lowest BCUT2D eigenvalue weighted by Gasteiger charge is -2.27. The molecule has 2 amide bonds. The van der Waals surface area contributed by atoms with Crippen LogP contribution in [0.4, 0.5) is 5.00 Å². The summed E-state index contributed by atoms with van der Waals surface area (Å²) in [6.45, 7) is 5.59. The molecule has 24 heavy (non-hydrogen) atoms. The molecule has 1 aliphatic heterocycles. The predicted molar refractivity (Wildman–Crippen MR) is 93.3 cm³/mol. The molecule has 0 atom stereocenters. The van der Waals surface area contributed by atoms with Crippen molar-refractivity contribution in [3.05, 3.63) is 35.7 Å². The average molecular weight is 345 g/mol. The lowest BCUT2D eigenvalue weighted by Crippen LogP contribution is -2.41. The summed E-state index contributed by atoms with van der Waals surface area (Å²) in [6, 6.07) is 3.80. The normalized spacial score (nSPS) is 14.5. The van der Waals surface area contributed by atoms with Crippen molar-refractivity contribution in [1.82, 2.24) is 9.88 Å². The quantitative estimate of drug-likeness (QED) is 0.928. The number of carbonyl (C=O) groups excluding carboxylic acids is 2. The number of rotatable bonds is 3. The Bertz CT molecular complexity index is 752. The standard InChI is InChI=1S/C17H19N3O3S/c1-11-14(17(22)20-7-9-23-10-8-20)16(19-12(2)21)24-15(11)13-3-5-18-6-4-13/h3-6H,7-10H2,1-2H3,(H,19,21). The van der Waals surface area contributed by atoms with Crippen LogP contribution in [0.1, 0.15) is 22.8 Å². The van der Waals surface area contributed by atoms with E-state index in [9.17, 15) is 9.59 Å². The third-order valence-corrected chi connectivity index (χ3v) is 5.15. The molecule has 126 valence electrons. The van der Waals surface area contributed by atoms with Crippen LogP contribution < -0.4 is 5.32 Å². The van der Waals surface area contributed by atoms with E-state index in [1.165, 1.54) is 18.3 Å². The third kappa shape index (κ3) is 3.32. The molecule has 6 nitrogen and oxygen atoms in total. The minimum atomic E-state index is -0.187. The first-order valence-corrected chi connectivity index (χ1v) is 8.58. The van der Waals surface area contributed by atoms with Gasteiger partial charge >= 0.3 is 0 Å². The molecule has 2 aromatic rings. The van der Waals surface area contributed by atoms with E-state index in [4.69, 9.17) is 4.74 Å². The Morgan fingerprint density at radius 3 is 2.54 bits per heavy atom. The Balaban J connectivity index is 2.04. The van der Waals surface area contributed by atoms with Gasteiger partial charge in [0.25, 0.3) is 5.91 Å². The van der Waals surface area contributed by atoms with Crippen LogP contribution in [0.25, 0.3) is 10.4 Å². The first kappa shape index (κ1) is 16.6. The Morgan fingerprint density at radius 1 is 1.25 bits per heavy atom. The molecule has 1 aliphatic rings.